The molecule has 0 aliphatic carbocycles. The number of piperazine rings is 1. The molecular weight excluding hydrogens is 328 g/mol. The Hall–Kier alpha value is -3.15. The lowest BCUT2D eigenvalue weighted by molar-refractivity contribution is -0.136. The Balaban J connectivity index is 1.49. The highest BCUT2D eigenvalue weighted by molar-refractivity contribution is 5.97. The average molecular weight is 348 g/mol. The van der Waals surface area contributed by atoms with Crippen LogP contribution in [0.4, 0.5) is 0 Å². The van der Waals surface area contributed by atoms with Crippen molar-refractivity contribution in [2.75, 3.05) is 0 Å². The zero-order chi connectivity index (χ0) is 18.1. The van der Waals surface area contributed by atoms with Gasteiger partial charge in [-0.2, -0.15) is 0 Å². The van der Waals surface area contributed by atoms with E-state index in [1.807, 2.05) is 60.3 Å². The number of amides is 2. The summed E-state index contributed by atoms with van der Waals surface area (Å²) in [5, 5.41) is 6.82. The molecule has 6 nitrogen and oxygen atoms in total. The molecule has 0 spiro atoms. The monoisotopic (exact) mass is 348 g/mol. The van der Waals surface area contributed by atoms with E-state index in [0.29, 0.717) is 12.8 Å². The molecule has 1 fully saturated rings. The molecule has 4 rings (SSSR count). The van der Waals surface area contributed by atoms with E-state index in [1.165, 1.54) is 0 Å². The fourth-order valence-corrected chi connectivity index (χ4v) is 3.50. The van der Waals surface area contributed by atoms with Crippen LogP contribution in [-0.2, 0) is 29.5 Å². The first-order valence-corrected chi connectivity index (χ1v) is 8.65. The number of aromatic nitrogens is 2. The molecule has 3 heterocycles. The number of hydrogen-bond donors (Lipinski definition) is 2. The number of carbonyl (C=O) groups is 2. The van der Waals surface area contributed by atoms with E-state index in [4.69, 9.17) is 0 Å². The molecule has 132 valence electrons. The summed E-state index contributed by atoms with van der Waals surface area (Å²) in [4.78, 5) is 29.2. The topological polar surface area (TPSA) is 76.0 Å². The first-order chi connectivity index (χ1) is 12.6. The smallest absolute Gasteiger partial charge is 0.243 e. The summed E-state index contributed by atoms with van der Waals surface area (Å²) in [6, 6.07) is 12.4. The fraction of sp³-hybridized carbons (Fsp3) is 0.250. The molecule has 6 heteroatoms. The van der Waals surface area contributed by atoms with Gasteiger partial charge in [0.25, 0.3) is 0 Å². The van der Waals surface area contributed by atoms with Crippen LogP contribution in [0, 0.1) is 0 Å². The number of pyridine rings is 1. The first kappa shape index (κ1) is 16.3. The summed E-state index contributed by atoms with van der Waals surface area (Å²) in [6.07, 6.45) is 4.56. The van der Waals surface area contributed by atoms with Gasteiger partial charge < -0.3 is 15.2 Å². The highest BCUT2D eigenvalue weighted by atomic mass is 16.2. The van der Waals surface area contributed by atoms with E-state index in [-0.39, 0.29) is 11.8 Å². The van der Waals surface area contributed by atoms with Crippen LogP contribution < -0.4 is 10.6 Å². The highest BCUT2D eigenvalue weighted by Crippen LogP contribution is 2.22. The minimum atomic E-state index is -0.582. The Labute approximate surface area is 151 Å². The van der Waals surface area contributed by atoms with Crippen molar-refractivity contribution in [1.82, 2.24) is 20.2 Å². The third-order valence-corrected chi connectivity index (χ3v) is 4.81. The normalized spacial score (nSPS) is 20.0. The first-order valence-electron chi connectivity index (χ1n) is 8.65. The van der Waals surface area contributed by atoms with Crippen LogP contribution in [0.2, 0.25) is 0 Å². The van der Waals surface area contributed by atoms with Gasteiger partial charge in [-0.25, -0.2) is 0 Å². The second-order valence-electron chi connectivity index (χ2n) is 6.63. The van der Waals surface area contributed by atoms with Crippen molar-refractivity contribution in [2.24, 2.45) is 7.05 Å². The third-order valence-electron chi connectivity index (χ3n) is 4.81. The lowest BCUT2D eigenvalue weighted by Gasteiger charge is -2.29. The lowest BCUT2D eigenvalue weighted by atomic mass is 10.00. The number of para-hydroxylation sites is 1. The number of nitrogens with zero attached hydrogens (tertiary/aromatic N) is 2. The molecule has 26 heavy (non-hydrogen) atoms. The van der Waals surface area contributed by atoms with Crippen molar-refractivity contribution in [3.63, 3.8) is 0 Å². The maximum absolute atomic E-state index is 12.5. The largest absolute Gasteiger partial charge is 0.350 e. The van der Waals surface area contributed by atoms with Crippen molar-refractivity contribution < 1.29 is 9.59 Å². The van der Waals surface area contributed by atoms with E-state index in [2.05, 4.69) is 15.6 Å². The number of benzene rings is 1. The van der Waals surface area contributed by atoms with Gasteiger partial charge in [0.15, 0.2) is 0 Å². The number of rotatable bonds is 4. The maximum atomic E-state index is 12.5. The molecule has 2 amide bonds. The molecule has 1 saturated heterocycles. The molecule has 0 unspecified atom stereocenters. The van der Waals surface area contributed by atoms with Crippen LogP contribution in [0.5, 0.6) is 0 Å². The molecule has 1 aromatic carbocycles. The summed E-state index contributed by atoms with van der Waals surface area (Å²) >= 11 is 0. The van der Waals surface area contributed by atoms with Crippen LogP contribution in [0.1, 0.15) is 11.3 Å². The van der Waals surface area contributed by atoms with E-state index < -0.39 is 12.1 Å². The predicted molar refractivity (Wildman–Crippen MR) is 98.4 cm³/mol. The summed E-state index contributed by atoms with van der Waals surface area (Å²) < 4.78 is 2.04. The molecule has 0 radical (unpaired) electrons. The van der Waals surface area contributed by atoms with E-state index in [1.54, 1.807) is 6.20 Å². The fourth-order valence-electron chi connectivity index (χ4n) is 3.50. The number of nitrogens with one attached hydrogen (secondary N) is 2. The molecule has 2 atom stereocenters. The zero-order valence-electron chi connectivity index (χ0n) is 14.5. The Bertz CT molecular complexity index is 964. The minimum absolute atomic E-state index is 0.154. The molecule has 1 aliphatic rings. The van der Waals surface area contributed by atoms with Crippen LogP contribution in [-0.4, -0.2) is 33.4 Å². The Kier molecular flexibility index (Phi) is 4.16. The number of aryl methyl sites for hydroxylation is 1. The van der Waals surface area contributed by atoms with Gasteiger partial charge in [-0.1, -0.05) is 24.3 Å². The van der Waals surface area contributed by atoms with E-state index >= 15 is 0 Å². The summed E-state index contributed by atoms with van der Waals surface area (Å²) in [6.45, 7) is 0. The highest BCUT2D eigenvalue weighted by Gasteiger charge is 2.34. The molecular formula is C20H20N4O2. The van der Waals surface area contributed by atoms with Gasteiger partial charge in [0.1, 0.15) is 12.1 Å². The van der Waals surface area contributed by atoms with Crippen LogP contribution >= 0.6 is 0 Å². The van der Waals surface area contributed by atoms with Gasteiger partial charge in [-0.3, -0.25) is 14.6 Å². The number of fused-ring (bicyclic) bond motifs is 1. The standard InChI is InChI=1S/C20H20N4O2/c1-24-12-13(15-7-2-3-8-18(15)24)10-16-19(25)23-17(20(26)22-16)11-14-6-4-5-9-21-14/h2-9,12,16-17H,10-11H2,1H3,(H,22,26)(H,23,25)/t16-,17-/m1/s1. The SMILES string of the molecule is Cn1cc(C[C@H]2NC(=O)[C@@H](Cc3ccccn3)NC2=O)c2ccccc21. The lowest BCUT2D eigenvalue weighted by Crippen LogP contribution is -2.62. The number of hydrogen-bond acceptors (Lipinski definition) is 3. The van der Waals surface area contributed by atoms with Gasteiger partial charge in [0.05, 0.1) is 0 Å². The molecule has 0 saturated carbocycles. The molecule has 0 bridgehead atoms. The van der Waals surface area contributed by atoms with E-state index in [9.17, 15) is 9.59 Å². The van der Waals surface area contributed by atoms with Crippen molar-refractivity contribution in [3.8, 4) is 0 Å². The van der Waals surface area contributed by atoms with Crippen LogP contribution in [0.15, 0.2) is 54.9 Å². The molecule has 1 aliphatic heterocycles. The quantitative estimate of drug-likeness (QED) is 0.747. The van der Waals surface area contributed by atoms with Crippen molar-refractivity contribution in [3.05, 3.63) is 66.1 Å². The van der Waals surface area contributed by atoms with Crippen molar-refractivity contribution in [2.45, 2.75) is 24.9 Å². The van der Waals surface area contributed by atoms with Crippen molar-refractivity contribution in [1.29, 1.82) is 0 Å². The van der Waals surface area contributed by atoms with Crippen LogP contribution in [0.3, 0.4) is 0 Å². The van der Waals surface area contributed by atoms with Gasteiger partial charge in [0, 0.05) is 48.9 Å². The van der Waals surface area contributed by atoms with Gasteiger partial charge in [-0.15, -0.1) is 0 Å². The zero-order valence-corrected chi connectivity index (χ0v) is 14.5. The van der Waals surface area contributed by atoms with E-state index in [0.717, 1.165) is 22.2 Å². The predicted octanol–water partition coefficient (Wildman–Crippen LogP) is 1.34. The van der Waals surface area contributed by atoms with Crippen molar-refractivity contribution >= 4 is 22.7 Å². The minimum Gasteiger partial charge on any atom is -0.350 e. The summed E-state index contributed by atoms with van der Waals surface area (Å²) in [7, 11) is 1.98. The van der Waals surface area contributed by atoms with Crippen LogP contribution in [0.25, 0.3) is 10.9 Å². The Morgan fingerprint density at radius 2 is 1.65 bits per heavy atom. The molecule has 3 aromatic rings. The average Bonchev–Trinajstić information content (AvgIpc) is 2.96. The summed E-state index contributed by atoms with van der Waals surface area (Å²) in [5.74, 6) is -0.320. The number of carbonyl (C=O) groups excluding carboxylic acids is 2. The molecule has 2 aromatic heterocycles. The second kappa shape index (κ2) is 6.63. The maximum Gasteiger partial charge on any atom is 0.243 e. The van der Waals surface area contributed by atoms with Gasteiger partial charge in [-0.05, 0) is 23.8 Å². The molecule has 2 N–H and O–H groups in total. The summed E-state index contributed by atoms with van der Waals surface area (Å²) in [5.41, 5.74) is 2.94. The Morgan fingerprint density at radius 1 is 0.962 bits per heavy atom. The van der Waals surface area contributed by atoms with Gasteiger partial charge in [0.2, 0.25) is 11.8 Å². The third kappa shape index (κ3) is 3.06. The Morgan fingerprint density at radius 3 is 2.38 bits per heavy atom. The second-order valence-corrected chi connectivity index (χ2v) is 6.63. The van der Waals surface area contributed by atoms with Gasteiger partial charge >= 0.3 is 0 Å².